The number of carbonyl (C=O) groups is 2. The van der Waals surface area contributed by atoms with Crippen molar-refractivity contribution in [1.82, 2.24) is 0 Å². The van der Waals surface area contributed by atoms with Crippen LogP contribution < -0.4 is 11.5 Å². The topological polar surface area (TPSA) is 126 Å². The summed E-state index contributed by atoms with van der Waals surface area (Å²) in [6.45, 7) is 5.38. The SMILES string of the molecule is CC(C)(C)OC(=O)C1CCOC(C(=O)OC(c2ccccc2)c2ccccc2)=C1N=C(N)N. The van der Waals surface area contributed by atoms with Gasteiger partial charge in [-0.15, -0.1) is 0 Å². The van der Waals surface area contributed by atoms with Crippen molar-refractivity contribution < 1.29 is 23.8 Å². The zero-order valence-electron chi connectivity index (χ0n) is 19.0. The second-order valence-corrected chi connectivity index (χ2v) is 8.58. The molecule has 174 valence electrons. The van der Waals surface area contributed by atoms with Crippen molar-refractivity contribution in [2.75, 3.05) is 6.61 Å². The molecule has 2 aromatic rings. The minimum atomic E-state index is -0.866. The standard InChI is InChI=1S/C25H29N3O5/c1-25(2,3)33-22(29)18-14-15-31-21(19(18)28-24(26)27)23(30)32-20(16-10-6-4-7-11-16)17-12-8-5-9-13-17/h4-13,18,20H,14-15H2,1-3H3,(H4,26,27,28). The van der Waals surface area contributed by atoms with Crippen molar-refractivity contribution in [3.8, 4) is 0 Å². The number of aliphatic imine (C=N–C) groups is 1. The Balaban J connectivity index is 1.99. The maximum Gasteiger partial charge on any atom is 0.376 e. The van der Waals surface area contributed by atoms with Crippen LogP contribution in [0.1, 0.15) is 44.4 Å². The highest BCUT2D eigenvalue weighted by atomic mass is 16.6. The van der Waals surface area contributed by atoms with Crippen LogP contribution in [-0.2, 0) is 23.8 Å². The third kappa shape index (κ3) is 6.35. The molecule has 1 aliphatic heterocycles. The molecule has 0 spiro atoms. The van der Waals surface area contributed by atoms with Crippen LogP contribution in [-0.4, -0.2) is 30.1 Å². The molecule has 0 amide bonds. The second-order valence-electron chi connectivity index (χ2n) is 8.58. The van der Waals surface area contributed by atoms with Gasteiger partial charge in [0.25, 0.3) is 0 Å². The van der Waals surface area contributed by atoms with E-state index in [0.29, 0.717) is 0 Å². The zero-order valence-corrected chi connectivity index (χ0v) is 19.0. The van der Waals surface area contributed by atoms with Crippen LogP contribution in [0, 0.1) is 5.92 Å². The first kappa shape index (κ1) is 23.8. The van der Waals surface area contributed by atoms with Crippen molar-refractivity contribution in [1.29, 1.82) is 0 Å². The highest BCUT2D eigenvalue weighted by Crippen LogP contribution is 2.33. The number of rotatable bonds is 6. The van der Waals surface area contributed by atoms with Crippen molar-refractivity contribution >= 4 is 17.9 Å². The predicted molar refractivity (Wildman–Crippen MR) is 124 cm³/mol. The molecule has 0 aromatic heterocycles. The van der Waals surface area contributed by atoms with Crippen LogP contribution in [0.4, 0.5) is 0 Å². The van der Waals surface area contributed by atoms with E-state index in [-0.39, 0.29) is 30.4 Å². The van der Waals surface area contributed by atoms with Gasteiger partial charge in [0.05, 0.1) is 6.61 Å². The van der Waals surface area contributed by atoms with Crippen LogP contribution in [0.25, 0.3) is 0 Å². The largest absolute Gasteiger partial charge is 0.485 e. The van der Waals surface area contributed by atoms with Gasteiger partial charge in [-0.1, -0.05) is 60.7 Å². The van der Waals surface area contributed by atoms with E-state index >= 15 is 0 Å². The Morgan fingerprint density at radius 1 is 1.00 bits per heavy atom. The first-order chi connectivity index (χ1) is 15.7. The first-order valence-electron chi connectivity index (χ1n) is 10.7. The molecule has 0 radical (unpaired) electrons. The molecule has 2 aromatic carbocycles. The van der Waals surface area contributed by atoms with E-state index in [1.54, 1.807) is 20.8 Å². The average Bonchev–Trinajstić information content (AvgIpc) is 2.77. The lowest BCUT2D eigenvalue weighted by atomic mass is 9.98. The summed E-state index contributed by atoms with van der Waals surface area (Å²) in [5.41, 5.74) is 12.0. The van der Waals surface area contributed by atoms with E-state index in [1.807, 2.05) is 60.7 Å². The van der Waals surface area contributed by atoms with Crippen LogP contribution >= 0.6 is 0 Å². The van der Waals surface area contributed by atoms with Gasteiger partial charge in [0.2, 0.25) is 5.76 Å². The van der Waals surface area contributed by atoms with Gasteiger partial charge in [0, 0.05) is 6.42 Å². The molecule has 0 aliphatic carbocycles. The van der Waals surface area contributed by atoms with Gasteiger partial charge >= 0.3 is 11.9 Å². The number of benzene rings is 2. The summed E-state index contributed by atoms with van der Waals surface area (Å²) < 4.78 is 17.0. The van der Waals surface area contributed by atoms with Gasteiger partial charge < -0.3 is 25.7 Å². The fourth-order valence-corrected chi connectivity index (χ4v) is 3.43. The van der Waals surface area contributed by atoms with E-state index in [4.69, 9.17) is 25.7 Å². The molecule has 8 heteroatoms. The lowest BCUT2D eigenvalue weighted by molar-refractivity contribution is -0.160. The number of hydrogen-bond donors (Lipinski definition) is 2. The van der Waals surface area contributed by atoms with Crippen LogP contribution in [0.5, 0.6) is 0 Å². The molecular formula is C25H29N3O5. The number of nitrogens with zero attached hydrogens (tertiary/aromatic N) is 1. The van der Waals surface area contributed by atoms with Crippen molar-refractivity contribution in [2.45, 2.75) is 38.9 Å². The third-order valence-electron chi connectivity index (χ3n) is 4.77. The summed E-state index contributed by atoms with van der Waals surface area (Å²) in [5, 5.41) is 0. The molecule has 0 saturated heterocycles. The number of ether oxygens (including phenoxy) is 3. The molecule has 0 bridgehead atoms. The normalized spacial score (nSPS) is 16.1. The summed E-state index contributed by atoms with van der Waals surface area (Å²) in [5.74, 6) is -2.70. The fraction of sp³-hybridized carbons (Fsp3) is 0.320. The molecule has 8 nitrogen and oxygen atoms in total. The van der Waals surface area contributed by atoms with Gasteiger partial charge in [-0.3, -0.25) is 4.79 Å². The van der Waals surface area contributed by atoms with Gasteiger partial charge in [-0.2, -0.15) is 0 Å². The number of nitrogens with two attached hydrogens (primary N) is 2. The maximum atomic E-state index is 13.3. The van der Waals surface area contributed by atoms with Crippen molar-refractivity contribution in [3.63, 3.8) is 0 Å². The van der Waals surface area contributed by atoms with Crippen LogP contribution in [0.2, 0.25) is 0 Å². The zero-order chi connectivity index (χ0) is 24.0. The highest BCUT2D eigenvalue weighted by molar-refractivity contribution is 5.91. The number of esters is 2. The van der Waals surface area contributed by atoms with Gasteiger partial charge in [-0.25, -0.2) is 9.79 Å². The minimum absolute atomic E-state index is 0.000346. The molecule has 1 atom stereocenters. The molecule has 33 heavy (non-hydrogen) atoms. The molecule has 0 fully saturated rings. The second kappa shape index (κ2) is 10.2. The highest BCUT2D eigenvalue weighted by Gasteiger charge is 2.38. The Morgan fingerprint density at radius 3 is 2.03 bits per heavy atom. The van der Waals surface area contributed by atoms with Gasteiger partial charge in [0.1, 0.15) is 17.2 Å². The van der Waals surface area contributed by atoms with Gasteiger partial charge in [-0.05, 0) is 31.9 Å². The molecular weight excluding hydrogens is 422 g/mol. The van der Waals surface area contributed by atoms with Crippen molar-refractivity contribution in [2.24, 2.45) is 22.4 Å². The van der Waals surface area contributed by atoms with Crippen LogP contribution in [0.15, 0.2) is 77.1 Å². The van der Waals surface area contributed by atoms with E-state index in [9.17, 15) is 9.59 Å². The molecule has 1 unspecified atom stereocenters. The number of guanidine groups is 1. The lowest BCUT2D eigenvalue weighted by Crippen LogP contribution is -2.35. The Bertz CT molecular complexity index is 999. The Hall–Kier alpha value is -3.81. The monoisotopic (exact) mass is 451 g/mol. The number of hydrogen-bond acceptors (Lipinski definition) is 6. The summed E-state index contributed by atoms with van der Waals surface area (Å²) >= 11 is 0. The molecule has 3 rings (SSSR count). The lowest BCUT2D eigenvalue weighted by Gasteiger charge is -2.28. The fourth-order valence-electron chi connectivity index (χ4n) is 3.43. The Morgan fingerprint density at radius 2 is 1.55 bits per heavy atom. The van der Waals surface area contributed by atoms with Crippen LogP contribution in [0.3, 0.4) is 0 Å². The molecule has 0 saturated carbocycles. The van der Waals surface area contributed by atoms with E-state index in [1.165, 1.54) is 0 Å². The Labute approximate surface area is 193 Å². The summed E-state index contributed by atoms with van der Waals surface area (Å²) in [6.07, 6.45) is -0.433. The number of carbonyl (C=O) groups excluding carboxylic acids is 2. The average molecular weight is 452 g/mol. The first-order valence-corrected chi connectivity index (χ1v) is 10.7. The molecule has 1 heterocycles. The van der Waals surface area contributed by atoms with Gasteiger partial charge in [0.15, 0.2) is 12.1 Å². The Kier molecular flexibility index (Phi) is 7.37. The predicted octanol–water partition coefficient (Wildman–Crippen LogP) is 3.18. The summed E-state index contributed by atoms with van der Waals surface area (Å²) in [7, 11) is 0. The van der Waals surface area contributed by atoms with E-state index in [2.05, 4.69) is 4.99 Å². The third-order valence-corrected chi connectivity index (χ3v) is 4.77. The van der Waals surface area contributed by atoms with E-state index in [0.717, 1.165) is 11.1 Å². The minimum Gasteiger partial charge on any atom is -0.485 e. The van der Waals surface area contributed by atoms with E-state index < -0.39 is 29.6 Å². The summed E-state index contributed by atoms with van der Waals surface area (Å²) in [6, 6.07) is 18.6. The smallest absolute Gasteiger partial charge is 0.376 e. The quantitative estimate of drug-likeness (QED) is 0.392. The maximum absolute atomic E-state index is 13.3. The molecule has 4 N–H and O–H groups in total. The van der Waals surface area contributed by atoms with Crippen molar-refractivity contribution in [3.05, 3.63) is 83.2 Å². The summed E-state index contributed by atoms with van der Waals surface area (Å²) in [4.78, 5) is 30.2. The molecule has 1 aliphatic rings.